The first kappa shape index (κ1) is 15.6. The fourth-order valence-electron chi connectivity index (χ4n) is 1.90. The molecular weight excluding hydrogens is 242 g/mol. The lowest BCUT2D eigenvalue weighted by atomic mass is 10.1. The summed E-state index contributed by atoms with van der Waals surface area (Å²) < 4.78 is 5.01. The topological polar surface area (TPSA) is 67.6 Å². The fourth-order valence-corrected chi connectivity index (χ4v) is 1.90. The standard InChI is InChI=1S/C14H23N3O2/c1-17(2)12(11-7-5-4-6-8-11)10-16-14(18)13(9-15)19-3/h4-8,12-13H,9-10,15H2,1-3H3,(H,16,18). The lowest BCUT2D eigenvalue weighted by Crippen LogP contribution is -2.43. The predicted molar refractivity (Wildman–Crippen MR) is 75.7 cm³/mol. The average Bonchev–Trinajstić information content (AvgIpc) is 2.41. The fraction of sp³-hybridized carbons (Fsp3) is 0.500. The summed E-state index contributed by atoms with van der Waals surface area (Å²) in [4.78, 5) is 13.9. The second-order valence-electron chi connectivity index (χ2n) is 4.60. The van der Waals surface area contributed by atoms with Crippen LogP contribution in [-0.4, -0.2) is 51.2 Å². The van der Waals surface area contributed by atoms with Crippen molar-refractivity contribution in [2.75, 3.05) is 34.3 Å². The van der Waals surface area contributed by atoms with Gasteiger partial charge in [-0.3, -0.25) is 4.79 Å². The number of carbonyl (C=O) groups is 1. The highest BCUT2D eigenvalue weighted by Crippen LogP contribution is 2.16. The molecule has 2 unspecified atom stereocenters. The van der Waals surface area contributed by atoms with Crippen LogP contribution in [0.5, 0.6) is 0 Å². The molecule has 0 bridgehead atoms. The van der Waals surface area contributed by atoms with Crippen LogP contribution < -0.4 is 11.1 Å². The van der Waals surface area contributed by atoms with Crippen LogP contribution in [0.2, 0.25) is 0 Å². The van der Waals surface area contributed by atoms with Gasteiger partial charge < -0.3 is 20.7 Å². The first-order valence-electron chi connectivity index (χ1n) is 6.32. The molecule has 0 saturated heterocycles. The number of hydrogen-bond donors (Lipinski definition) is 2. The predicted octanol–water partition coefficient (Wildman–Crippen LogP) is 0.379. The van der Waals surface area contributed by atoms with Gasteiger partial charge in [0.25, 0.3) is 5.91 Å². The first-order chi connectivity index (χ1) is 9.10. The SMILES string of the molecule is COC(CN)C(=O)NCC(c1ccccc1)N(C)C. The molecule has 2 atom stereocenters. The Labute approximate surface area is 114 Å². The number of ether oxygens (including phenoxy) is 1. The Bertz CT molecular complexity index is 378. The van der Waals surface area contributed by atoms with Gasteiger partial charge in [-0.05, 0) is 19.7 Å². The molecule has 0 aromatic heterocycles. The summed E-state index contributed by atoms with van der Waals surface area (Å²) in [7, 11) is 5.46. The minimum absolute atomic E-state index is 0.125. The zero-order valence-electron chi connectivity index (χ0n) is 11.8. The molecule has 106 valence electrons. The van der Waals surface area contributed by atoms with Gasteiger partial charge in [0.05, 0.1) is 6.04 Å². The zero-order valence-corrected chi connectivity index (χ0v) is 11.8. The van der Waals surface area contributed by atoms with Crippen molar-refractivity contribution in [2.24, 2.45) is 5.73 Å². The van der Waals surface area contributed by atoms with Crippen molar-refractivity contribution >= 4 is 5.91 Å². The maximum Gasteiger partial charge on any atom is 0.250 e. The molecule has 1 amide bonds. The molecule has 19 heavy (non-hydrogen) atoms. The number of carbonyl (C=O) groups excluding carboxylic acids is 1. The van der Waals surface area contributed by atoms with Gasteiger partial charge in [-0.25, -0.2) is 0 Å². The van der Waals surface area contributed by atoms with Crippen LogP contribution >= 0.6 is 0 Å². The van der Waals surface area contributed by atoms with E-state index in [9.17, 15) is 4.79 Å². The van der Waals surface area contributed by atoms with Crippen molar-refractivity contribution in [1.29, 1.82) is 0 Å². The number of methoxy groups -OCH3 is 1. The first-order valence-corrected chi connectivity index (χ1v) is 6.32. The highest BCUT2D eigenvalue weighted by atomic mass is 16.5. The number of nitrogens with zero attached hydrogens (tertiary/aromatic N) is 1. The Morgan fingerprint density at radius 3 is 2.47 bits per heavy atom. The van der Waals surface area contributed by atoms with Gasteiger partial charge in [0.15, 0.2) is 0 Å². The third-order valence-electron chi connectivity index (χ3n) is 3.07. The van der Waals surface area contributed by atoms with Crippen molar-refractivity contribution < 1.29 is 9.53 Å². The summed E-state index contributed by atoms with van der Waals surface area (Å²) >= 11 is 0. The van der Waals surface area contributed by atoms with E-state index in [4.69, 9.17) is 10.5 Å². The van der Waals surface area contributed by atoms with E-state index in [1.165, 1.54) is 7.11 Å². The van der Waals surface area contributed by atoms with Crippen LogP contribution in [0.1, 0.15) is 11.6 Å². The number of nitrogens with two attached hydrogens (primary N) is 1. The van der Waals surface area contributed by atoms with Gasteiger partial charge >= 0.3 is 0 Å². The Morgan fingerprint density at radius 2 is 2.00 bits per heavy atom. The molecule has 1 aromatic rings. The number of likely N-dealkylation sites (N-methyl/N-ethyl adjacent to an activating group) is 1. The Hall–Kier alpha value is -1.43. The van der Waals surface area contributed by atoms with E-state index in [2.05, 4.69) is 10.2 Å². The molecule has 0 heterocycles. The third-order valence-corrected chi connectivity index (χ3v) is 3.07. The lowest BCUT2D eigenvalue weighted by Gasteiger charge is -2.25. The lowest BCUT2D eigenvalue weighted by molar-refractivity contribution is -0.130. The van der Waals surface area contributed by atoms with Crippen LogP contribution in [0.4, 0.5) is 0 Å². The smallest absolute Gasteiger partial charge is 0.250 e. The molecule has 0 fully saturated rings. The Morgan fingerprint density at radius 1 is 1.37 bits per heavy atom. The van der Waals surface area contributed by atoms with Crippen molar-refractivity contribution in [3.8, 4) is 0 Å². The third kappa shape index (κ3) is 4.63. The van der Waals surface area contributed by atoms with Gasteiger partial charge in [-0.15, -0.1) is 0 Å². The van der Waals surface area contributed by atoms with Gasteiger partial charge in [-0.2, -0.15) is 0 Å². The van der Waals surface area contributed by atoms with E-state index in [0.717, 1.165) is 5.56 Å². The van der Waals surface area contributed by atoms with E-state index in [-0.39, 0.29) is 18.5 Å². The van der Waals surface area contributed by atoms with E-state index >= 15 is 0 Å². The van der Waals surface area contributed by atoms with Gasteiger partial charge in [0.2, 0.25) is 0 Å². The summed E-state index contributed by atoms with van der Waals surface area (Å²) in [5.41, 5.74) is 6.63. The molecule has 0 saturated carbocycles. The number of rotatable bonds is 7. The highest BCUT2D eigenvalue weighted by Gasteiger charge is 2.19. The number of hydrogen-bond acceptors (Lipinski definition) is 4. The summed E-state index contributed by atoms with van der Waals surface area (Å²) in [5, 5.41) is 2.88. The van der Waals surface area contributed by atoms with Crippen molar-refractivity contribution in [3.05, 3.63) is 35.9 Å². The molecule has 0 aliphatic heterocycles. The van der Waals surface area contributed by atoms with Crippen LogP contribution in [0, 0.1) is 0 Å². The highest BCUT2D eigenvalue weighted by molar-refractivity contribution is 5.81. The Kier molecular flexibility index (Phi) is 6.49. The Balaban J connectivity index is 2.64. The molecule has 0 radical (unpaired) electrons. The molecular formula is C14H23N3O2. The van der Waals surface area contributed by atoms with E-state index in [0.29, 0.717) is 6.54 Å². The molecule has 1 rings (SSSR count). The van der Waals surface area contributed by atoms with Gasteiger partial charge in [-0.1, -0.05) is 30.3 Å². The quantitative estimate of drug-likeness (QED) is 0.748. The van der Waals surface area contributed by atoms with E-state index in [1.807, 2.05) is 44.4 Å². The number of benzene rings is 1. The minimum Gasteiger partial charge on any atom is -0.370 e. The van der Waals surface area contributed by atoms with Crippen molar-refractivity contribution in [3.63, 3.8) is 0 Å². The molecule has 0 aliphatic carbocycles. The van der Waals surface area contributed by atoms with Crippen LogP contribution in [-0.2, 0) is 9.53 Å². The van der Waals surface area contributed by atoms with Crippen molar-refractivity contribution in [1.82, 2.24) is 10.2 Å². The second kappa shape index (κ2) is 7.89. The molecule has 5 heteroatoms. The molecule has 0 spiro atoms. The second-order valence-corrected chi connectivity index (χ2v) is 4.60. The summed E-state index contributed by atoms with van der Waals surface area (Å²) in [5.74, 6) is -0.173. The summed E-state index contributed by atoms with van der Waals surface area (Å²) in [6.07, 6.45) is -0.585. The van der Waals surface area contributed by atoms with Crippen LogP contribution in [0.25, 0.3) is 0 Å². The van der Waals surface area contributed by atoms with Crippen molar-refractivity contribution in [2.45, 2.75) is 12.1 Å². The minimum atomic E-state index is -0.585. The maximum absolute atomic E-state index is 11.8. The largest absolute Gasteiger partial charge is 0.370 e. The molecule has 0 aliphatic rings. The molecule has 1 aromatic carbocycles. The van der Waals surface area contributed by atoms with Crippen LogP contribution in [0.15, 0.2) is 30.3 Å². The zero-order chi connectivity index (χ0) is 14.3. The average molecular weight is 265 g/mol. The van der Waals surface area contributed by atoms with Crippen LogP contribution in [0.3, 0.4) is 0 Å². The van der Waals surface area contributed by atoms with Gasteiger partial charge in [0.1, 0.15) is 6.10 Å². The van der Waals surface area contributed by atoms with Gasteiger partial charge in [0, 0.05) is 20.2 Å². The molecule has 5 nitrogen and oxygen atoms in total. The normalized spacial score (nSPS) is 14.2. The maximum atomic E-state index is 11.8. The monoisotopic (exact) mass is 265 g/mol. The van der Waals surface area contributed by atoms with E-state index < -0.39 is 6.10 Å². The summed E-state index contributed by atoms with van der Waals surface area (Å²) in [6, 6.07) is 10.2. The molecule has 3 N–H and O–H groups in total. The number of nitrogens with one attached hydrogen (secondary N) is 1. The van der Waals surface area contributed by atoms with E-state index in [1.54, 1.807) is 0 Å². The number of amides is 1. The summed E-state index contributed by atoms with van der Waals surface area (Å²) in [6.45, 7) is 0.704.